The lowest BCUT2D eigenvalue weighted by Gasteiger charge is -2.32. The summed E-state index contributed by atoms with van der Waals surface area (Å²) in [5.74, 6) is -0.174. The first-order valence-corrected chi connectivity index (χ1v) is 11.8. The molecule has 0 atom stereocenters. The monoisotopic (exact) mass is 429 g/mol. The first-order chi connectivity index (χ1) is 14.4. The summed E-state index contributed by atoms with van der Waals surface area (Å²) >= 11 is 0. The lowest BCUT2D eigenvalue weighted by Crippen LogP contribution is -2.46. The number of carbonyl (C=O) groups is 2. The third kappa shape index (κ3) is 5.90. The van der Waals surface area contributed by atoms with Gasteiger partial charge < -0.3 is 10.2 Å². The van der Waals surface area contributed by atoms with Crippen LogP contribution in [0.2, 0.25) is 0 Å². The highest BCUT2D eigenvalue weighted by Crippen LogP contribution is 2.17. The zero-order valence-electron chi connectivity index (χ0n) is 17.0. The van der Waals surface area contributed by atoms with E-state index >= 15 is 0 Å². The number of sulfonamides is 1. The van der Waals surface area contributed by atoms with Crippen LogP contribution in [0.25, 0.3) is 0 Å². The molecule has 0 aliphatic carbocycles. The van der Waals surface area contributed by atoms with Crippen molar-refractivity contribution in [1.82, 2.24) is 9.62 Å². The SMILES string of the molecule is CCCS(=O)(=O)NC1CCN(C(=O)c2ccc(NC(=O)c3ccccc3)cc2)CC1. The van der Waals surface area contributed by atoms with Gasteiger partial charge in [-0.3, -0.25) is 9.59 Å². The zero-order valence-corrected chi connectivity index (χ0v) is 17.8. The number of benzene rings is 2. The molecule has 7 nitrogen and oxygen atoms in total. The van der Waals surface area contributed by atoms with Crippen LogP contribution < -0.4 is 10.0 Å². The molecule has 2 aromatic rings. The smallest absolute Gasteiger partial charge is 0.255 e. The van der Waals surface area contributed by atoms with Gasteiger partial charge >= 0.3 is 0 Å². The number of hydrogen-bond acceptors (Lipinski definition) is 4. The summed E-state index contributed by atoms with van der Waals surface area (Å²) in [6, 6.07) is 15.6. The van der Waals surface area contributed by atoms with Gasteiger partial charge in [0.05, 0.1) is 5.75 Å². The fraction of sp³-hybridized carbons (Fsp3) is 0.364. The quantitative estimate of drug-likeness (QED) is 0.707. The highest BCUT2D eigenvalue weighted by molar-refractivity contribution is 7.89. The van der Waals surface area contributed by atoms with Crippen molar-refractivity contribution < 1.29 is 18.0 Å². The second kappa shape index (κ2) is 9.86. The van der Waals surface area contributed by atoms with Crippen LogP contribution in [-0.4, -0.2) is 50.0 Å². The van der Waals surface area contributed by atoms with E-state index in [4.69, 9.17) is 0 Å². The predicted octanol–water partition coefficient (Wildman–Crippen LogP) is 2.87. The minimum Gasteiger partial charge on any atom is -0.339 e. The minimum absolute atomic E-state index is 0.0919. The molecule has 1 fully saturated rings. The van der Waals surface area contributed by atoms with Crippen LogP contribution in [0.4, 0.5) is 5.69 Å². The van der Waals surface area contributed by atoms with Crippen molar-refractivity contribution in [2.24, 2.45) is 0 Å². The first kappa shape index (κ1) is 22.0. The Balaban J connectivity index is 1.53. The number of rotatable bonds is 7. The number of piperidine rings is 1. The molecule has 1 aliphatic heterocycles. The predicted molar refractivity (Wildman–Crippen MR) is 117 cm³/mol. The summed E-state index contributed by atoms with van der Waals surface area (Å²) in [6.07, 6.45) is 1.77. The van der Waals surface area contributed by atoms with E-state index in [1.807, 2.05) is 13.0 Å². The van der Waals surface area contributed by atoms with Gasteiger partial charge in [0.15, 0.2) is 0 Å². The third-order valence-corrected chi connectivity index (χ3v) is 6.67. The Kier molecular flexibility index (Phi) is 7.23. The van der Waals surface area contributed by atoms with Gasteiger partial charge in [0.25, 0.3) is 11.8 Å². The van der Waals surface area contributed by atoms with E-state index in [2.05, 4.69) is 10.0 Å². The van der Waals surface area contributed by atoms with Crippen LogP contribution in [0.3, 0.4) is 0 Å². The molecule has 0 radical (unpaired) electrons. The number of amides is 2. The van der Waals surface area contributed by atoms with Crippen molar-refractivity contribution in [3.05, 3.63) is 65.7 Å². The van der Waals surface area contributed by atoms with Crippen molar-refractivity contribution in [1.29, 1.82) is 0 Å². The van der Waals surface area contributed by atoms with E-state index in [1.165, 1.54) is 0 Å². The Morgan fingerprint density at radius 3 is 2.20 bits per heavy atom. The molecule has 160 valence electrons. The Morgan fingerprint density at radius 1 is 0.967 bits per heavy atom. The average Bonchev–Trinajstić information content (AvgIpc) is 2.74. The van der Waals surface area contributed by atoms with Crippen molar-refractivity contribution >= 4 is 27.5 Å². The van der Waals surface area contributed by atoms with E-state index in [-0.39, 0.29) is 23.6 Å². The summed E-state index contributed by atoms with van der Waals surface area (Å²) in [5, 5.41) is 2.81. The fourth-order valence-corrected chi connectivity index (χ4v) is 4.85. The summed E-state index contributed by atoms with van der Waals surface area (Å²) in [6.45, 7) is 2.84. The summed E-state index contributed by atoms with van der Waals surface area (Å²) < 4.78 is 26.6. The highest BCUT2D eigenvalue weighted by atomic mass is 32.2. The van der Waals surface area contributed by atoms with E-state index in [9.17, 15) is 18.0 Å². The fourth-order valence-electron chi connectivity index (χ4n) is 3.45. The number of nitrogens with one attached hydrogen (secondary N) is 2. The van der Waals surface area contributed by atoms with Gasteiger partial charge in [0, 0.05) is 35.9 Å². The first-order valence-electron chi connectivity index (χ1n) is 10.1. The van der Waals surface area contributed by atoms with Gasteiger partial charge in [-0.2, -0.15) is 0 Å². The van der Waals surface area contributed by atoms with Gasteiger partial charge in [-0.25, -0.2) is 13.1 Å². The van der Waals surface area contributed by atoms with Crippen molar-refractivity contribution in [2.45, 2.75) is 32.2 Å². The average molecular weight is 430 g/mol. The molecule has 0 aromatic heterocycles. The molecule has 1 saturated heterocycles. The molecule has 0 unspecified atom stereocenters. The van der Waals surface area contributed by atoms with Crippen LogP contribution in [0, 0.1) is 0 Å². The lowest BCUT2D eigenvalue weighted by molar-refractivity contribution is 0.0711. The van der Waals surface area contributed by atoms with Crippen LogP contribution in [0.15, 0.2) is 54.6 Å². The molecule has 0 saturated carbocycles. The van der Waals surface area contributed by atoms with E-state index in [0.717, 1.165) is 0 Å². The summed E-state index contributed by atoms with van der Waals surface area (Å²) in [5.41, 5.74) is 1.72. The number of hydrogen-bond donors (Lipinski definition) is 2. The molecule has 8 heteroatoms. The molecule has 0 bridgehead atoms. The van der Waals surface area contributed by atoms with Gasteiger partial charge in [-0.15, -0.1) is 0 Å². The van der Waals surface area contributed by atoms with Crippen LogP contribution in [-0.2, 0) is 10.0 Å². The Hall–Kier alpha value is -2.71. The van der Waals surface area contributed by atoms with Gasteiger partial charge in [0.2, 0.25) is 10.0 Å². The number of anilines is 1. The topological polar surface area (TPSA) is 95.6 Å². The molecule has 2 amide bonds. The van der Waals surface area contributed by atoms with Crippen molar-refractivity contribution in [2.75, 3.05) is 24.2 Å². The van der Waals surface area contributed by atoms with Crippen LogP contribution in [0.1, 0.15) is 46.9 Å². The maximum absolute atomic E-state index is 12.7. The zero-order chi connectivity index (χ0) is 21.6. The lowest BCUT2D eigenvalue weighted by atomic mass is 10.0. The van der Waals surface area contributed by atoms with Gasteiger partial charge in [0.1, 0.15) is 0 Å². The second-order valence-electron chi connectivity index (χ2n) is 7.40. The molecule has 3 rings (SSSR count). The van der Waals surface area contributed by atoms with Crippen molar-refractivity contribution in [3.63, 3.8) is 0 Å². The van der Waals surface area contributed by atoms with E-state index < -0.39 is 10.0 Å². The molecule has 1 aliphatic rings. The van der Waals surface area contributed by atoms with E-state index in [0.29, 0.717) is 49.2 Å². The molecule has 2 N–H and O–H groups in total. The molecule has 0 spiro atoms. The molecular weight excluding hydrogens is 402 g/mol. The largest absolute Gasteiger partial charge is 0.339 e. The maximum atomic E-state index is 12.7. The molecule has 2 aromatic carbocycles. The summed E-state index contributed by atoms with van der Waals surface area (Å²) in [7, 11) is -3.24. The Morgan fingerprint density at radius 2 is 1.60 bits per heavy atom. The molecule has 30 heavy (non-hydrogen) atoms. The number of likely N-dealkylation sites (tertiary alicyclic amines) is 1. The minimum atomic E-state index is -3.24. The second-order valence-corrected chi connectivity index (χ2v) is 9.27. The number of nitrogens with zero attached hydrogens (tertiary/aromatic N) is 1. The number of carbonyl (C=O) groups excluding carboxylic acids is 2. The Labute approximate surface area is 177 Å². The van der Waals surface area contributed by atoms with Crippen molar-refractivity contribution in [3.8, 4) is 0 Å². The van der Waals surface area contributed by atoms with Gasteiger partial charge in [-0.05, 0) is 55.7 Å². The third-order valence-electron chi connectivity index (χ3n) is 5.03. The molecular formula is C22H27N3O4S. The van der Waals surface area contributed by atoms with E-state index in [1.54, 1.807) is 53.4 Å². The summed E-state index contributed by atoms with van der Waals surface area (Å²) in [4.78, 5) is 26.7. The Bertz CT molecular complexity index is 967. The maximum Gasteiger partial charge on any atom is 0.255 e. The van der Waals surface area contributed by atoms with Gasteiger partial charge in [-0.1, -0.05) is 25.1 Å². The normalized spacial score (nSPS) is 15.0. The standard InChI is InChI=1S/C22H27N3O4S/c1-2-16-30(28,29)24-20-12-14-25(15-13-20)22(27)18-8-10-19(11-9-18)23-21(26)17-6-4-3-5-7-17/h3-11,20,24H,2,12-16H2,1H3,(H,23,26). The highest BCUT2D eigenvalue weighted by Gasteiger charge is 2.26. The van der Waals surface area contributed by atoms with Crippen LogP contribution in [0.5, 0.6) is 0 Å². The molecule has 1 heterocycles. The van der Waals surface area contributed by atoms with Crippen LogP contribution >= 0.6 is 0 Å².